The summed E-state index contributed by atoms with van der Waals surface area (Å²) >= 11 is 0. The van der Waals surface area contributed by atoms with Gasteiger partial charge in [-0.05, 0) is 59.3 Å². The molecule has 1 rings (SSSR count). The van der Waals surface area contributed by atoms with Crippen molar-refractivity contribution in [3.8, 4) is 11.5 Å². The summed E-state index contributed by atoms with van der Waals surface area (Å²) in [6.45, 7) is 14.8. The Morgan fingerprint density at radius 3 is 2.48 bits per heavy atom. The number of nitrogens with zero attached hydrogens (tertiary/aromatic N) is 1. The summed E-state index contributed by atoms with van der Waals surface area (Å²) in [6, 6.07) is -0.319. The van der Waals surface area contributed by atoms with Gasteiger partial charge in [-0.1, -0.05) is 44.6 Å². The Balaban J connectivity index is 3.15. The van der Waals surface area contributed by atoms with E-state index in [4.69, 9.17) is 4.74 Å². The fourth-order valence-electron chi connectivity index (χ4n) is 3.16. The largest absolute Gasteiger partial charge is 0.444 e. The lowest BCUT2D eigenvalue weighted by molar-refractivity contribution is -0.0427. The Hall–Kier alpha value is -1.25. The predicted octanol–water partition coefficient (Wildman–Crippen LogP) is 5.13. The lowest BCUT2D eigenvalue weighted by Gasteiger charge is -2.43. The topological polar surface area (TPSA) is 49.8 Å². The molecule has 1 aliphatic rings. The number of amides is 1. The average Bonchev–Trinajstić information content (AvgIpc) is 2.55. The molecule has 5 heteroatoms. The number of hydrogen-bond donors (Lipinski definition) is 1. The fourth-order valence-corrected chi connectivity index (χ4v) is 3.75. The third kappa shape index (κ3) is 8.53. The van der Waals surface area contributed by atoms with Crippen LogP contribution in [0.4, 0.5) is 4.79 Å². The van der Waals surface area contributed by atoms with Crippen LogP contribution in [0.2, 0.25) is 19.6 Å². The van der Waals surface area contributed by atoms with Gasteiger partial charge in [0.25, 0.3) is 0 Å². The SMILES string of the molecule is CC/C=C\CC[C@@](O)(C#C[Si](C)(C)C)[C@H]1CCCCN1C(=O)OC(C)(C)C. The summed E-state index contributed by atoms with van der Waals surface area (Å²) in [5.41, 5.74) is 1.60. The molecule has 0 aromatic rings. The quantitative estimate of drug-likeness (QED) is 0.400. The van der Waals surface area contributed by atoms with Crippen molar-refractivity contribution in [1.29, 1.82) is 0 Å². The highest BCUT2D eigenvalue weighted by atomic mass is 28.3. The van der Waals surface area contributed by atoms with Gasteiger partial charge in [0.1, 0.15) is 19.3 Å². The number of carbonyl (C=O) groups excluding carboxylic acids is 1. The van der Waals surface area contributed by atoms with E-state index < -0.39 is 19.3 Å². The van der Waals surface area contributed by atoms with Crippen molar-refractivity contribution in [2.45, 2.75) is 103 Å². The number of rotatable bonds is 5. The minimum atomic E-state index is -1.65. The van der Waals surface area contributed by atoms with E-state index in [2.05, 4.69) is 50.2 Å². The van der Waals surface area contributed by atoms with Gasteiger partial charge in [-0.15, -0.1) is 5.54 Å². The average molecular weight is 394 g/mol. The first kappa shape index (κ1) is 23.8. The first-order valence-corrected chi connectivity index (χ1v) is 13.8. The molecule has 0 saturated carbocycles. The van der Waals surface area contributed by atoms with Crippen LogP contribution in [0.5, 0.6) is 0 Å². The van der Waals surface area contributed by atoms with E-state index >= 15 is 0 Å². The molecule has 4 nitrogen and oxygen atoms in total. The Morgan fingerprint density at radius 2 is 1.93 bits per heavy atom. The molecule has 1 aliphatic heterocycles. The lowest BCUT2D eigenvalue weighted by atomic mass is 9.83. The van der Waals surface area contributed by atoms with Crippen LogP contribution in [-0.4, -0.2) is 48.0 Å². The number of piperidine rings is 1. The molecule has 0 aliphatic carbocycles. The summed E-state index contributed by atoms with van der Waals surface area (Å²) in [5, 5.41) is 11.6. The van der Waals surface area contributed by atoms with Crippen LogP contribution < -0.4 is 0 Å². The van der Waals surface area contributed by atoms with E-state index in [1.807, 2.05) is 20.8 Å². The normalized spacial score (nSPS) is 20.7. The number of allylic oxidation sites excluding steroid dienone is 2. The van der Waals surface area contributed by atoms with Crippen molar-refractivity contribution in [3.63, 3.8) is 0 Å². The molecule has 0 bridgehead atoms. The highest BCUT2D eigenvalue weighted by Gasteiger charge is 2.43. The van der Waals surface area contributed by atoms with E-state index in [-0.39, 0.29) is 12.1 Å². The van der Waals surface area contributed by atoms with E-state index in [1.54, 1.807) is 4.90 Å². The Bertz CT molecular complexity index is 577. The second-order valence-electron chi connectivity index (χ2n) is 9.53. The first-order chi connectivity index (χ1) is 12.4. The molecule has 1 amide bonds. The van der Waals surface area contributed by atoms with Gasteiger partial charge in [-0.25, -0.2) is 4.79 Å². The third-order valence-electron chi connectivity index (χ3n) is 4.43. The van der Waals surface area contributed by atoms with E-state index in [0.717, 1.165) is 32.1 Å². The number of carbonyl (C=O) groups is 1. The summed E-state index contributed by atoms with van der Waals surface area (Å²) in [6.07, 6.45) is 8.81. The number of ether oxygens (including phenoxy) is 1. The van der Waals surface area contributed by atoms with Crippen LogP contribution >= 0.6 is 0 Å². The molecule has 1 fully saturated rings. The molecular formula is C22H39NO3Si. The molecule has 0 aromatic heterocycles. The van der Waals surface area contributed by atoms with Gasteiger partial charge in [0.15, 0.2) is 0 Å². The molecule has 154 valence electrons. The van der Waals surface area contributed by atoms with Gasteiger partial charge < -0.3 is 14.7 Å². The Kier molecular flexibility index (Phi) is 8.63. The van der Waals surface area contributed by atoms with Crippen molar-refractivity contribution in [2.75, 3.05) is 6.54 Å². The van der Waals surface area contributed by atoms with Gasteiger partial charge in [-0.3, -0.25) is 0 Å². The molecule has 0 spiro atoms. The van der Waals surface area contributed by atoms with Crippen molar-refractivity contribution < 1.29 is 14.6 Å². The maximum atomic E-state index is 12.8. The van der Waals surface area contributed by atoms with Crippen LogP contribution in [0, 0.1) is 11.5 Å². The molecule has 0 radical (unpaired) electrons. The van der Waals surface area contributed by atoms with Gasteiger partial charge in [0.2, 0.25) is 0 Å². The smallest absolute Gasteiger partial charge is 0.410 e. The third-order valence-corrected chi connectivity index (χ3v) is 5.31. The van der Waals surface area contributed by atoms with Crippen LogP contribution in [0.15, 0.2) is 12.2 Å². The zero-order valence-electron chi connectivity index (χ0n) is 18.4. The summed E-state index contributed by atoms with van der Waals surface area (Å²) < 4.78 is 5.61. The monoisotopic (exact) mass is 393 g/mol. The predicted molar refractivity (Wildman–Crippen MR) is 115 cm³/mol. The molecule has 27 heavy (non-hydrogen) atoms. The maximum Gasteiger partial charge on any atom is 0.410 e. The highest BCUT2D eigenvalue weighted by molar-refractivity contribution is 6.83. The summed E-state index contributed by atoms with van der Waals surface area (Å²) in [4.78, 5) is 14.5. The summed E-state index contributed by atoms with van der Waals surface area (Å²) in [5.74, 6) is 3.21. The zero-order chi connectivity index (χ0) is 20.7. The molecule has 0 unspecified atom stereocenters. The molecule has 1 saturated heterocycles. The lowest BCUT2D eigenvalue weighted by Crippen LogP contribution is -2.57. The molecule has 0 aromatic carbocycles. The Labute approximate surface area is 167 Å². The zero-order valence-corrected chi connectivity index (χ0v) is 19.4. The fraction of sp³-hybridized carbons (Fsp3) is 0.773. The number of aliphatic hydroxyl groups is 1. The number of hydrogen-bond acceptors (Lipinski definition) is 3. The number of likely N-dealkylation sites (tertiary alicyclic amines) is 1. The highest BCUT2D eigenvalue weighted by Crippen LogP contribution is 2.31. The molecule has 1 heterocycles. The summed E-state index contributed by atoms with van der Waals surface area (Å²) in [7, 11) is -1.65. The van der Waals surface area contributed by atoms with Crippen LogP contribution in [0.3, 0.4) is 0 Å². The molecule has 2 atom stereocenters. The van der Waals surface area contributed by atoms with Crippen molar-refractivity contribution in [3.05, 3.63) is 12.2 Å². The van der Waals surface area contributed by atoms with E-state index in [1.165, 1.54) is 0 Å². The van der Waals surface area contributed by atoms with Crippen molar-refractivity contribution in [2.24, 2.45) is 0 Å². The maximum absolute atomic E-state index is 12.8. The van der Waals surface area contributed by atoms with Crippen LogP contribution in [-0.2, 0) is 4.74 Å². The van der Waals surface area contributed by atoms with Gasteiger partial charge in [0.05, 0.1) is 6.04 Å². The first-order valence-electron chi connectivity index (χ1n) is 10.3. The van der Waals surface area contributed by atoms with E-state index in [0.29, 0.717) is 13.0 Å². The van der Waals surface area contributed by atoms with Gasteiger partial charge >= 0.3 is 6.09 Å². The van der Waals surface area contributed by atoms with Crippen LogP contribution in [0.25, 0.3) is 0 Å². The van der Waals surface area contributed by atoms with Crippen molar-refractivity contribution >= 4 is 14.2 Å². The van der Waals surface area contributed by atoms with Gasteiger partial charge in [-0.2, -0.15) is 0 Å². The second kappa shape index (κ2) is 9.79. The second-order valence-corrected chi connectivity index (χ2v) is 14.3. The minimum absolute atomic E-state index is 0.319. The Morgan fingerprint density at radius 1 is 1.26 bits per heavy atom. The van der Waals surface area contributed by atoms with Crippen LogP contribution in [0.1, 0.15) is 66.2 Å². The minimum Gasteiger partial charge on any atom is -0.444 e. The molecular weight excluding hydrogens is 354 g/mol. The van der Waals surface area contributed by atoms with Crippen molar-refractivity contribution in [1.82, 2.24) is 4.90 Å². The van der Waals surface area contributed by atoms with E-state index in [9.17, 15) is 9.90 Å². The molecule has 1 N–H and O–H groups in total. The standard InChI is InChI=1S/C22H39NO3Si/c1-8-9-10-12-15-22(25,16-18-27(5,6)7)19-14-11-13-17-23(19)20(24)26-21(2,3)4/h9-10,19,25H,8,11-15,17H2,1-7H3/b10-9-/t19-,22-/m1/s1. The van der Waals surface area contributed by atoms with Gasteiger partial charge in [0, 0.05) is 6.54 Å².